The molecule has 0 spiro atoms. The highest BCUT2D eigenvalue weighted by Crippen LogP contribution is 2.28. The van der Waals surface area contributed by atoms with E-state index in [-0.39, 0.29) is 5.56 Å². The highest BCUT2D eigenvalue weighted by molar-refractivity contribution is 6.52. The fraction of sp³-hybridized carbons (Fsp3) is 0.111. The number of nitrogens with one attached hydrogen (secondary N) is 1. The van der Waals surface area contributed by atoms with Crippen molar-refractivity contribution in [1.29, 1.82) is 0 Å². The number of anilines is 2. The molecule has 3 rings (SSSR count). The molecule has 26 heavy (non-hydrogen) atoms. The molecule has 0 bridgehead atoms. The van der Waals surface area contributed by atoms with Crippen LogP contribution in [0.15, 0.2) is 48.5 Å². The van der Waals surface area contributed by atoms with Gasteiger partial charge in [0.1, 0.15) is 6.54 Å². The van der Waals surface area contributed by atoms with Crippen LogP contribution in [0.1, 0.15) is 10.4 Å². The second kappa shape index (κ2) is 7.37. The van der Waals surface area contributed by atoms with Gasteiger partial charge in [-0.25, -0.2) is 0 Å². The second-order valence-corrected chi connectivity index (χ2v) is 5.89. The number of halogens is 1. The maximum absolute atomic E-state index is 12.0. The molecular weight excluding hydrogens is 360 g/mol. The molecule has 0 saturated heterocycles. The number of benzene rings is 2. The van der Waals surface area contributed by atoms with Gasteiger partial charge in [0.15, 0.2) is 6.61 Å². The van der Waals surface area contributed by atoms with Gasteiger partial charge in [-0.15, -0.1) is 0 Å². The highest BCUT2D eigenvalue weighted by Gasteiger charge is 2.36. The quantitative estimate of drug-likeness (QED) is 0.640. The SMILES string of the molecule is O=C(COC(=O)CN1C(=O)C(=O)c2ccccc21)Nc1ccc(Cl)cc1. The van der Waals surface area contributed by atoms with Crippen LogP contribution in [-0.2, 0) is 19.1 Å². The third-order valence-corrected chi connectivity index (χ3v) is 3.91. The van der Waals surface area contributed by atoms with Crippen LogP contribution in [0.25, 0.3) is 0 Å². The van der Waals surface area contributed by atoms with Gasteiger partial charge >= 0.3 is 5.97 Å². The summed E-state index contributed by atoms with van der Waals surface area (Å²) in [6, 6.07) is 12.8. The number of carbonyl (C=O) groups is 4. The lowest BCUT2D eigenvalue weighted by molar-refractivity contribution is -0.146. The molecule has 0 radical (unpaired) electrons. The summed E-state index contributed by atoms with van der Waals surface area (Å²) in [6.07, 6.45) is 0. The van der Waals surface area contributed by atoms with Gasteiger partial charge in [-0.2, -0.15) is 0 Å². The van der Waals surface area contributed by atoms with E-state index in [1.807, 2.05) is 0 Å². The molecule has 1 heterocycles. The molecule has 8 heteroatoms. The number of ether oxygens (including phenoxy) is 1. The average molecular weight is 373 g/mol. The summed E-state index contributed by atoms with van der Waals surface area (Å²) < 4.78 is 4.88. The summed E-state index contributed by atoms with van der Waals surface area (Å²) in [5.41, 5.74) is 1.10. The molecule has 0 saturated carbocycles. The van der Waals surface area contributed by atoms with Gasteiger partial charge in [-0.3, -0.25) is 24.1 Å². The molecule has 1 N–H and O–H groups in total. The molecule has 2 aromatic carbocycles. The minimum Gasteiger partial charge on any atom is -0.454 e. The second-order valence-electron chi connectivity index (χ2n) is 5.45. The Morgan fingerprint density at radius 3 is 2.46 bits per heavy atom. The van der Waals surface area contributed by atoms with Crippen LogP contribution in [0.3, 0.4) is 0 Å². The predicted octanol–water partition coefficient (Wildman–Crippen LogP) is 2.05. The first-order chi connectivity index (χ1) is 12.5. The van der Waals surface area contributed by atoms with Crippen molar-refractivity contribution in [2.75, 3.05) is 23.4 Å². The number of esters is 1. The summed E-state index contributed by atoms with van der Waals surface area (Å²) >= 11 is 5.75. The van der Waals surface area contributed by atoms with Crippen molar-refractivity contribution in [3.05, 3.63) is 59.1 Å². The number of ketones is 1. The van der Waals surface area contributed by atoms with Gasteiger partial charge < -0.3 is 10.1 Å². The molecule has 7 nitrogen and oxygen atoms in total. The van der Waals surface area contributed by atoms with Gasteiger partial charge in [0.2, 0.25) is 0 Å². The monoisotopic (exact) mass is 372 g/mol. The van der Waals surface area contributed by atoms with Crippen molar-refractivity contribution in [3.8, 4) is 0 Å². The van der Waals surface area contributed by atoms with Gasteiger partial charge in [-0.05, 0) is 36.4 Å². The molecule has 2 amide bonds. The molecule has 132 valence electrons. The molecule has 1 aliphatic rings. The number of amides is 2. The Morgan fingerprint density at radius 1 is 1.04 bits per heavy atom. The Bertz CT molecular complexity index is 895. The van der Waals surface area contributed by atoms with Crippen LogP contribution in [0, 0.1) is 0 Å². The summed E-state index contributed by atoms with van der Waals surface area (Å²) in [4.78, 5) is 48.6. The van der Waals surface area contributed by atoms with Crippen molar-refractivity contribution in [2.45, 2.75) is 0 Å². The number of Topliss-reactive ketones (excluding diaryl/α,β-unsaturated/α-hetero) is 1. The van der Waals surface area contributed by atoms with Crippen LogP contribution in [-0.4, -0.2) is 36.7 Å². The number of fused-ring (bicyclic) bond motifs is 1. The Labute approximate surface area is 153 Å². The van der Waals surface area contributed by atoms with Crippen molar-refractivity contribution in [2.24, 2.45) is 0 Å². The number of para-hydroxylation sites is 1. The van der Waals surface area contributed by atoms with Crippen molar-refractivity contribution >= 4 is 46.5 Å². The van der Waals surface area contributed by atoms with Crippen LogP contribution >= 0.6 is 11.6 Å². The standard InChI is InChI=1S/C18H13ClN2O5/c19-11-5-7-12(8-6-11)20-15(22)10-26-16(23)9-21-14-4-2-1-3-13(14)17(24)18(21)25/h1-8H,9-10H2,(H,20,22). The Hall–Kier alpha value is -3.19. The van der Waals surface area contributed by atoms with E-state index in [1.165, 1.54) is 6.07 Å². The van der Waals surface area contributed by atoms with Gasteiger partial charge in [0.05, 0.1) is 11.3 Å². The molecule has 0 atom stereocenters. The van der Waals surface area contributed by atoms with Crippen LogP contribution in [0.2, 0.25) is 5.02 Å². The van der Waals surface area contributed by atoms with Crippen molar-refractivity contribution in [1.82, 2.24) is 0 Å². The summed E-state index contributed by atoms with van der Waals surface area (Å²) in [7, 11) is 0. The van der Waals surface area contributed by atoms with E-state index >= 15 is 0 Å². The van der Waals surface area contributed by atoms with Crippen LogP contribution in [0.5, 0.6) is 0 Å². The lowest BCUT2D eigenvalue weighted by Gasteiger charge is -2.15. The first kappa shape index (κ1) is 17.6. The van der Waals surface area contributed by atoms with E-state index in [1.54, 1.807) is 42.5 Å². The van der Waals surface area contributed by atoms with Crippen molar-refractivity contribution in [3.63, 3.8) is 0 Å². The minimum atomic E-state index is -0.797. The van der Waals surface area contributed by atoms with E-state index in [0.717, 1.165) is 4.90 Å². The number of rotatable bonds is 5. The van der Waals surface area contributed by atoms with Crippen LogP contribution in [0.4, 0.5) is 11.4 Å². The number of hydrogen-bond acceptors (Lipinski definition) is 5. The highest BCUT2D eigenvalue weighted by atomic mass is 35.5. The average Bonchev–Trinajstić information content (AvgIpc) is 2.87. The van der Waals surface area contributed by atoms with Crippen molar-refractivity contribution < 1.29 is 23.9 Å². The topological polar surface area (TPSA) is 92.8 Å². The molecule has 0 aliphatic carbocycles. The van der Waals surface area contributed by atoms with Gasteiger partial charge in [-0.1, -0.05) is 23.7 Å². The fourth-order valence-corrected chi connectivity index (χ4v) is 2.58. The lowest BCUT2D eigenvalue weighted by Crippen LogP contribution is -2.36. The first-order valence-electron chi connectivity index (χ1n) is 7.62. The molecule has 0 aromatic heterocycles. The third kappa shape index (κ3) is 3.73. The normalized spacial score (nSPS) is 12.7. The predicted molar refractivity (Wildman–Crippen MR) is 94.2 cm³/mol. The maximum Gasteiger partial charge on any atom is 0.326 e. The van der Waals surface area contributed by atoms with Crippen LogP contribution < -0.4 is 10.2 Å². The minimum absolute atomic E-state index is 0.241. The van der Waals surface area contributed by atoms with E-state index in [0.29, 0.717) is 16.4 Å². The molecule has 1 aliphatic heterocycles. The fourth-order valence-electron chi connectivity index (χ4n) is 2.46. The zero-order chi connectivity index (χ0) is 18.7. The largest absolute Gasteiger partial charge is 0.454 e. The zero-order valence-electron chi connectivity index (χ0n) is 13.4. The Balaban J connectivity index is 1.54. The number of hydrogen-bond donors (Lipinski definition) is 1. The number of carbonyl (C=O) groups excluding carboxylic acids is 4. The summed E-state index contributed by atoms with van der Waals surface area (Å²) in [6.45, 7) is -0.963. The summed E-state index contributed by atoms with van der Waals surface area (Å²) in [5, 5.41) is 3.07. The maximum atomic E-state index is 12.0. The molecule has 0 unspecified atom stereocenters. The number of nitrogens with zero attached hydrogens (tertiary/aromatic N) is 1. The molecule has 2 aromatic rings. The molecular formula is C18H13ClN2O5. The van der Waals surface area contributed by atoms with Gasteiger partial charge in [0, 0.05) is 10.7 Å². The Kier molecular flexibility index (Phi) is 4.99. The first-order valence-corrected chi connectivity index (χ1v) is 8.00. The Morgan fingerprint density at radius 2 is 1.73 bits per heavy atom. The lowest BCUT2D eigenvalue weighted by atomic mass is 10.1. The van der Waals surface area contributed by atoms with E-state index < -0.39 is 36.7 Å². The van der Waals surface area contributed by atoms with E-state index in [2.05, 4.69) is 5.32 Å². The van der Waals surface area contributed by atoms with E-state index in [9.17, 15) is 19.2 Å². The zero-order valence-corrected chi connectivity index (χ0v) is 14.2. The smallest absolute Gasteiger partial charge is 0.326 e. The third-order valence-electron chi connectivity index (χ3n) is 3.66. The summed E-state index contributed by atoms with van der Waals surface area (Å²) in [5.74, 6) is -2.80. The van der Waals surface area contributed by atoms with E-state index in [4.69, 9.17) is 16.3 Å². The molecule has 0 fully saturated rings. The van der Waals surface area contributed by atoms with Gasteiger partial charge in [0.25, 0.3) is 17.6 Å².